The van der Waals surface area contributed by atoms with Gasteiger partial charge in [0.1, 0.15) is 5.82 Å². The first kappa shape index (κ1) is 23.1. The highest BCUT2D eigenvalue weighted by atomic mass is 15.1. The third kappa shape index (κ3) is 3.37. The monoisotopic (exact) mass is 535 g/mol. The van der Waals surface area contributed by atoms with E-state index in [4.69, 9.17) is 4.98 Å². The predicted octanol–water partition coefficient (Wildman–Crippen LogP) is 10.3. The molecule has 0 fully saturated rings. The van der Waals surface area contributed by atoms with E-state index in [9.17, 15) is 0 Å². The molecule has 0 saturated carbocycles. The topological polar surface area (TPSA) is 33.6 Å². The highest BCUT2D eigenvalue weighted by Gasteiger charge is 2.20. The van der Waals surface area contributed by atoms with Crippen LogP contribution in [0.1, 0.15) is 0 Å². The van der Waals surface area contributed by atoms with Crippen LogP contribution in [-0.4, -0.2) is 14.5 Å². The second-order valence-electron chi connectivity index (χ2n) is 10.9. The molecule has 7 aromatic carbocycles. The highest BCUT2D eigenvalue weighted by molar-refractivity contribution is 6.24. The largest absolute Gasteiger partial charge is 0.355 e. The Labute approximate surface area is 242 Å². The van der Waals surface area contributed by atoms with Gasteiger partial charge < -0.3 is 4.98 Å². The summed E-state index contributed by atoms with van der Waals surface area (Å²) in [6.07, 6.45) is 0. The Morgan fingerprint density at radius 3 is 1.88 bits per heavy atom. The van der Waals surface area contributed by atoms with E-state index in [1.807, 2.05) is 0 Å². The Morgan fingerprint density at radius 1 is 0.429 bits per heavy atom. The molecule has 9 rings (SSSR count). The van der Waals surface area contributed by atoms with E-state index in [1.54, 1.807) is 0 Å². The van der Waals surface area contributed by atoms with Crippen molar-refractivity contribution in [3.05, 3.63) is 146 Å². The van der Waals surface area contributed by atoms with E-state index in [1.165, 1.54) is 43.4 Å². The van der Waals surface area contributed by atoms with Gasteiger partial charge in [0.05, 0.1) is 11.0 Å². The molecular weight excluding hydrogens is 510 g/mol. The number of nitrogens with one attached hydrogen (secondary N) is 1. The van der Waals surface area contributed by atoms with Crippen LogP contribution in [0, 0.1) is 0 Å². The molecule has 0 radical (unpaired) electrons. The minimum absolute atomic E-state index is 0.938. The maximum atomic E-state index is 5.41. The van der Waals surface area contributed by atoms with Crippen LogP contribution in [0.2, 0.25) is 0 Å². The molecule has 2 aromatic heterocycles. The number of hydrogen-bond donors (Lipinski definition) is 1. The maximum Gasteiger partial charge on any atom is 0.145 e. The number of para-hydroxylation sites is 2. The molecule has 0 aliphatic heterocycles. The van der Waals surface area contributed by atoms with Crippen LogP contribution < -0.4 is 0 Å². The lowest BCUT2D eigenvalue weighted by Gasteiger charge is -2.13. The van der Waals surface area contributed by atoms with Crippen molar-refractivity contribution in [3.8, 4) is 28.2 Å². The lowest BCUT2D eigenvalue weighted by molar-refractivity contribution is 1.11. The van der Waals surface area contributed by atoms with E-state index < -0.39 is 0 Å². The Morgan fingerprint density at radius 2 is 1.05 bits per heavy atom. The van der Waals surface area contributed by atoms with Gasteiger partial charge in [-0.2, -0.15) is 0 Å². The lowest BCUT2D eigenvalue weighted by atomic mass is 10.00. The van der Waals surface area contributed by atoms with Crippen molar-refractivity contribution in [3.63, 3.8) is 0 Å². The molecule has 0 aliphatic rings. The van der Waals surface area contributed by atoms with Gasteiger partial charge in [-0.1, -0.05) is 109 Å². The van der Waals surface area contributed by atoms with Crippen LogP contribution in [0.25, 0.3) is 82.6 Å². The van der Waals surface area contributed by atoms with Crippen molar-refractivity contribution in [1.82, 2.24) is 14.5 Å². The Bertz CT molecular complexity index is 2460. The van der Waals surface area contributed by atoms with Crippen LogP contribution >= 0.6 is 0 Å². The van der Waals surface area contributed by atoms with Gasteiger partial charge in [-0.3, -0.25) is 4.57 Å². The normalized spacial score (nSPS) is 11.8. The molecule has 0 saturated heterocycles. The Balaban J connectivity index is 1.33. The molecule has 9 aromatic rings. The van der Waals surface area contributed by atoms with Crippen LogP contribution in [0.4, 0.5) is 0 Å². The van der Waals surface area contributed by atoms with Gasteiger partial charge in [0, 0.05) is 43.8 Å². The summed E-state index contributed by atoms with van der Waals surface area (Å²) in [5.74, 6) is 0.938. The number of rotatable bonds is 3. The Hall–Kier alpha value is -5.67. The molecule has 0 bridgehead atoms. The van der Waals surface area contributed by atoms with Gasteiger partial charge in [0.25, 0.3) is 0 Å². The zero-order valence-electron chi connectivity index (χ0n) is 22.8. The summed E-state index contributed by atoms with van der Waals surface area (Å²) in [4.78, 5) is 8.96. The van der Waals surface area contributed by atoms with Crippen LogP contribution in [0.3, 0.4) is 0 Å². The number of aromatic amines is 1. The van der Waals surface area contributed by atoms with Gasteiger partial charge in [-0.15, -0.1) is 0 Å². The van der Waals surface area contributed by atoms with E-state index in [-0.39, 0.29) is 0 Å². The van der Waals surface area contributed by atoms with Gasteiger partial charge >= 0.3 is 0 Å². The highest BCUT2D eigenvalue weighted by Crippen LogP contribution is 2.40. The summed E-state index contributed by atoms with van der Waals surface area (Å²) in [6, 6.07) is 51.9. The number of aromatic nitrogens is 3. The van der Waals surface area contributed by atoms with Crippen molar-refractivity contribution in [2.24, 2.45) is 0 Å². The molecule has 0 amide bonds. The second kappa shape index (κ2) is 8.92. The van der Waals surface area contributed by atoms with E-state index in [2.05, 4.69) is 155 Å². The minimum atomic E-state index is 0.938. The average molecular weight is 536 g/mol. The molecule has 2 heterocycles. The summed E-state index contributed by atoms with van der Waals surface area (Å²) in [5.41, 5.74) is 9.01. The van der Waals surface area contributed by atoms with Crippen LogP contribution in [0.5, 0.6) is 0 Å². The zero-order valence-corrected chi connectivity index (χ0v) is 22.8. The summed E-state index contributed by atoms with van der Waals surface area (Å²) in [6.45, 7) is 0. The van der Waals surface area contributed by atoms with Crippen molar-refractivity contribution in [2.45, 2.75) is 0 Å². The molecule has 0 atom stereocenters. The standard InChI is InChI=1S/C39H25N3/c1-2-13-28(14-3-1)42-38-33-19-7-5-16-30(33)29-15-4-6-18-32(29)37(38)41-39(42)27-12-10-11-25(23-27)26-21-22-36-34(24-26)31-17-8-9-20-35(31)40-36/h1-24,40H. The van der Waals surface area contributed by atoms with Gasteiger partial charge in [-0.25, -0.2) is 4.98 Å². The molecule has 3 nitrogen and oxygen atoms in total. The first-order valence-corrected chi connectivity index (χ1v) is 14.3. The van der Waals surface area contributed by atoms with E-state index >= 15 is 0 Å². The van der Waals surface area contributed by atoms with Gasteiger partial charge in [0.2, 0.25) is 0 Å². The molecule has 0 spiro atoms. The summed E-state index contributed by atoms with van der Waals surface area (Å²) in [5, 5.41) is 7.33. The van der Waals surface area contributed by atoms with Crippen molar-refractivity contribution >= 4 is 54.4 Å². The number of benzene rings is 7. The number of nitrogens with zero attached hydrogens (tertiary/aromatic N) is 2. The Kier molecular flexibility index (Phi) is 4.90. The van der Waals surface area contributed by atoms with Crippen molar-refractivity contribution < 1.29 is 0 Å². The molecule has 42 heavy (non-hydrogen) atoms. The zero-order chi connectivity index (χ0) is 27.6. The number of fused-ring (bicyclic) bond motifs is 9. The van der Waals surface area contributed by atoms with Gasteiger partial charge in [0.15, 0.2) is 0 Å². The van der Waals surface area contributed by atoms with Crippen molar-refractivity contribution in [1.29, 1.82) is 0 Å². The molecule has 0 unspecified atom stereocenters. The van der Waals surface area contributed by atoms with E-state index in [0.29, 0.717) is 0 Å². The molecule has 196 valence electrons. The first-order chi connectivity index (χ1) is 20.8. The lowest BCUT2D eigenvalue weighted by Crippen LogP contribution is -1.98. The quantitative estimate of drug-likeness (QED) is 0.224. The number of hydrogen-bond acceptors (Lipinski definition) is 1. The first-order valence-electron chi connectivity index (χ1n) is 14.3. The number of imidazole rings is 1. The third-order valence-corrected chi connectivity index (χ3v) is 8.51. The second-order valence-corrected chi connectivity index (χ2v) is 10.9. The van der Waals surface area contributed by atoms with Crippen molar-refractivity contribution in [2.75, 3.05) is 0 Å². The summed E-state index contributed by atoms with van der Waals surface area (Å²) >= 11 is 0. The van der Waals surface area contributed by atoms with Crippen LogP contribution in [-0.2, 0) is 0 Å². The smallest absolute Gasteiger partial charge is 0.145 e. The summed E-state index contributed by atoms with van der Waals surface area (Å²) < 4.78 is 2.34. The molecule has 0 aliphatic carbocycles. The fourth-order valence-electron chi connectivity index (χ4n) is 6.59. The van der Waals surface area contributed by atoms with E-state index in [0.717, 1.165) is 39.1 Å². The third-order valence-electron chi connectivity index (χ3n) is 8.51. The SMILES string of the molecule is c1ccc(-n2c(-c3cccc(-c4ccc5[nH]c6ccccc6c5c4)c3)nc3c4ccccc4c4ccccc4c32)cc1. The van der Waals surface area contributed by atoms with Crippen LogP contribution in [0.15, 0.2) is 146 Å². The molecule has 1 N–H and O–H groups in total. The number of H-pyrrole nitrogens is 1. The predicted molar refractivity (Wildman–Crippen MR) is 176 cm³/mol. The maximum absolute atomic E-state index is 5.41. The minimum Gasteiger partial charge on any atom is -0.355 e. The average Bonchev–Trinajstić information content (AvgIpc) is 3.65. The fourth-order valence-corrected chi connectivity index (χ4v) is 6.59. The fraction of sp³-hybridized carbons (Fsp3) is 0. The summed E-state index contributed by atoms with van der Waals surface area (Å²) in [7, 11) is 0. The van der Waals surface area contributed by atoms with Gasteiger partial charge in [-0.05, 0) is 58.3 Å². The molecule has 3 heteroatoms. The molecular formula is C39H25N3.